The van der Waals surface area contributed by atoms with Crippen molar-refractivity contribution in [3.8, 4) is 6.07 Å². The first-order valence-electron chi connectivity index (χ1n) is 6.62. The molecular weight excluding hydrogens is 232 g/mol. The quantitative estimate of drug-likeness (QED) is 0.870. The summed E-state index contributed by atoms with van der Waals surface area (Å²) in [5.74, 6) is 0. The number of nitrogens with one attached hydrogen (secondary N) is 1. The van der Waals surface area contributed by atoms with E-state index < -0.39 is 0 Å². The first-order chi connectivity index (χ1) is 9.31. The van der Waals surface area contributed by atoms with Gasteiger partial charge in [-0.05, 0) is 36.6 Å². The van der Waals surface area contributed by atoms with Crippen molar-refractivity contribution < 1.29 is 0 Å². The number of anilines is 1. The zero-order valence-corrected chi connectivity index (χ0v) is 11.1. The molecule has 0 saturated carbocycles. The fraction of sp³-hybridized carbons (Fsp3) is 0.235. The van der Waals surface area contributed by atoms with Gasteiger partial charge in [0.05, 0.1) is 11.6 Å². The van der Waals surface area contributed by atoms with Crippen LogP contribution in [0.3, 0.4) is 0 Å². The minimum Gasteiger partial charge on any atom is -0.382 e. The van der Waals surface area contributed by atoms with Crippen LogP contribution in [0.4, 0.5) is 5.69 Å². The van der Waals surface area contributed by atoms with E-state index in [1.165, 1.54) is 5.56 Å². The minimum absolute atomic E-state index is 0.386. The molecule has 1 N–H and O–H groups in total. The first-order valence-corrected chi connectivity index (χ1v) is 6.62. The molecule has 2 nitrogen and oxygen atoms in total. The lowest BCUT2D eigenvalue weighted by atomic mass is 10.0. The average molecular weight is 250 g/mol. The third-order valence-corrected chi connectivity index (χ3v) is 3.18. The van der Waals surface area contributed by atoms with Crippen LogP contribution >= 0.6 is 0 Å². The molecule has 2 heteroatoms. The topological polar surface area (TPSA) is 35.8 Å². The molecule has 2 aromatic carbocycles. The van der Waals surface area contributed by atoms with Gasteiger partial charge in [0, 0.05) is 11.7 Å². The van der Waals surface area contributed by atoms with Crippen molar-refractivity contribution in [2.75, 3.05) is 5.32 Å². The summed E-state index contributed by atoms with van der Waals surface area (Å²) >= 11 is 0. The number of rotatable bonds is 5. The molecule has 96 valence electrons. The Labute approximate surface area is 114 Å². The smallest absolute Gasteiger partial charge is 0.0992 e. The van der Waals surface area contributed by atoms with Crippen LogP contribution < -0.4 is 5.32 Å². The predicted octanol–water partition coefficient (Wildman–Crippen LogP) is 3.99. The van der Waals surface area contributed by atoms with Crippen LogP contribution in [0, 0.1) is 11.3 Å². The van der Waals surface area contributed by atoms with Crippen molar-refractivity contribution in [2.24, 2.45) is 0 Å². The molecule has 0 fully saturated rings. The van der Waals surface area contributed by atoms with Crippen molar-refractivity contribution in [3.05, 3.63) is 65.7 Å². The Bertz CT molecular complexity index is 555. The van der Waals surface area contributed by atoms with Gasteiger partial charge in [0.15, 0.2) is 0 Å². The molecule has 0 heterocycles. The van der Waals surface area contributed by atoms with E-state index in [0.29, 0.717) is 11.6 Å². The van der Waals surface area contributed by atoms with E-state index >= 15 is 0 Å². The normalized spacial score (nSPS) is 11.6. The molecule has 0 spiro atoms. The molecule has 2 rings (SSSR count). The Balaban J connectivity index is 2.05. The molecule has 2 aromatic rings. The Morgan fingerprint density at radius 1 is 1.11 bits per heavy atom. The van der Waals surface area contributed by atoms with E-state index in [9.17, 15) is 0 Å². The van der Waals surface area contributed by atoms with E-state index in [-0.39, 0.29) is 0 Å². The van der Waals surface area contributed by atoms with Crippen LogP contribution in [0.25, 0.3) is 0 Å². The van der Waals surface area contributed by atoms with E-state index in [0.717, 1.165) is 18.5 Å². The van der Waals surface area contributed by atoms with Crippen LogP contribution in [-0.4, -0.2) is 6.04 Å². The predicted molar refractivity (Wildman–Crippen MR) is 79.0 cm³/mol. The summed E-state index contributed by atoms with van der Waals surface area (Å²) in [6, 6.07) is 20.7. The van der Waals surface area contributed by atoms with Gasteiger partial charge in [-0.2, -0.15) is 5.26 Å². The lowest BCUT2D eigenvalue weighted by Crippen LogP contribution is -2.21. The summed E-state index contributed by atoms with van der Waals surface area (Å²) in [5.41, 5.74) is 3.04. The van der Waals surface area contributed by atoms with Gasteiger partial charge in [-0.15, -0.1) is 0 Å². The van der Waals surface area contributed by atoms with Gasteiger partial charge in [-0.3, -0.25) is 0 Å². The zero-order valence-electron chi connectivity index (χ0n) is 11.1. The number of benzene rings is 2. The van der Waals surface area contributed by atoms with Crippen molar-refractivity contribution in [1.29, 1.82) is 5.26 Å². The Kier molecular flexibility index (Phi) is 4.58. The highest BCUT2D eigenvalue weighted by atomic mass is 14.9. The molecule has 19 heavy (non-hydrogen) atoms. The molecule has 1 unspecified atom stereocenters. The van der Waals surface area contributed by atoms with Gasteiger partial charge in [0.1, 0.15) is 0 Å². The number of hydrogen-bond donors (Lipinski definition) is 1. The van der Waals surface area contributed by atoms with Crippen molar-refractivity contribution in [3.63, 3.8) is 0 Å². The summed E-state index contributed by atoms with van der Waals surface area (Å²) < 4.78 is 0. The van der Waals surface area contributed by atoms with Gasteiger partial charge in [-0.25, -0.2) is 0 Å². The largest absolute Gasteiger partial charge is 0.382 e. The van der Waals surface area contributed by atoms with Gasteiger partial charge in [-0.1, -0.05) is 43.3 Å². The van der Waals surface area contributed by atoms with Gasteiger partial charge >= 0.3 is 0 Å². The fourth-order valence-electron chi connectivity index (χ4n) is 2.11. The molecule has 0 bridgehead atoms. The van der Waals surface area contributed by atoms with Crippen LogP contribution in [-0.2, 0) is 6.42 Å². The Morgan fingerprint density at radius 2 is 1.89 bits per heavy atom. The highest BCUT2D eigenvalue weighted by molar-refractivity contribution is 5.49. The first kappa shape index (κ1) is 13.2. The molecular formula is C17H18N2. The maximum atomic E-state index is 8.91. The Hall–Kier alpha value is -2.27. The second-order valence-corrected chi connectivity index (χ2v) is 4.63. The molecule has 0 aliphatic heterocycles. The van der Waals surface area contributed by atoms with Crippen LogP contribution in [0.5, 0.6) is 0 Å². The monoisotopic (exact) mass is 250 g/mol. The maximum absolute atomic E-state index is 8.91. The molecule has 0 aromatic heterocycles. The molecule has 0 radical (unpaired) electrons. The number of hydrogen-bond acceptors (Lipinski definition) is 2. The second-order valence-electron chi connectivity index (χ2n) is 4.63. The van der Waals surface area contributed by atoms with Gasteiger partial charge in [0.25, 0.3) is 0 Å². The van der Waals surface area contributed by atoms with Crippen molar-refractivity contribution in [1.82, 2.24) is 0 Å². The van der Waals surface area contributed by atoms with Gasteiger partial charge in [0.2, 0.25) is 0 Å². The molecule has 0 aliphatic rings. The number of nitriles is 1. The second kappa shape index (κ2) is 6.61. The maximum Gasteiger partial charge on any atom is 0.0992 e. The summed E-state index contributed by atoms with van der Waals surface area (Å²) in [7, 11) is 0. The lowest BCUT2D eigenvalue weighted by Gasteiger charge is -2.18. The van der Waals surface area contributed by atoms with Crippen molar-refractivity contribution >= 4 is 5.69 Å². The third kappa shape index (κ3) is 3.86. The highest BCUT2D eigenvalue weighted by Gasteiger charge is 2.07. The summed E-state index contributed by atoms with van der Waals surface area (Å²) in [5, 5.41) is 12.4. The summed E-state index contributed by atoms with van der Waals surface area (Å²) in [6.45, 7) is 2.18. The zero-order chi connectivity index (χ0) is 13.5. The van der Waals surface area contributed by atoms with E-state index in [1.54, 1.807) is 0 Å². The van der Waals surface area contributed by atoms with Gasteiger partial charge < -0.3 is 5.32 Å². The number of nitrogens with zero attached hydrogens (tertiary/aromatic N) is 1. The third-order valence-electron chi connectivity index (χ3n) is 3.18. The van der Waals surface area contributed by atoms with E-state index in [1.807, 2.05) is 30.3 Å². The Morgan fingerprint density at radius 3 is 2.58 bits per heavy atom. The molecule has 1 atom stereocenters. The standard InChI is InChI=1S/C17H18N2/c1-2-16(11-14-7-4-3-5-8-14)19-17-10-6-9-15(12-17)13-18/h3-10,12,16,19H,2,11H2,1H3. The molecule has 0 saturated heterocycles. The van der Waals surface area contributed by atoms with Crippen LogP contribution in [0.2, 0.25) is 0 Å². The van der Waals surface area contributed by atoms with E-state index in [2.05, 4.69) is 42.6 Å². The van der Waals surface area contributed by atoms with E-state index in [4.69, 9.17) is 5.26 Å². The van der Waals surface area contributed by atoms with Crippen LogP contribution in [0.15, 0.2) is 54.6 Å². The van der Waals surface area contributed by atoms with Crippen molar-refractivity contribution in [2.45, 2.75) is 25.8 Å². The summed E-state index contributed by atoms with van der Waals surface area (Å²) in [4.78, 5) is 0. The highest BCUT2D eigenvalue weighted by Crippen LogP contribution is 2.15. The molecule has 0 amide bonds. The fourth-order valence-corrected chi connectivity index (χ4v) is 2.11. The lowest BCUT2D eigenvalue weighted by molar-refractivity contribution is 0.690. The SMILES string of the molecule is CCC(Cc1ccccc1)Nc1cccc(C#N)c1. The minimum atomic E-state index is 0.386. The van der Waals surface area contributed by atoms with Crippen LogP contribution in [0.1, 0.15) is 24.5 Å². The molecule has 0 aliphatic carbocycles. The average Bonchev–Trinajstić information content (AvgIpc) is 2.48. The summed E-state index contributed by atoms with van der Waals surface area (Å²) in [6.07, 6.45) is 2.04.